The van der Waals surface area contributed by atoms with Crippen LogP contribution in [-0.2, 0) is 20.7 Å². The van der Waals surface area contributed by atoms with Crippen molar-refractivity contribution in [1.29, 1.82) is 0 Å². The van der Waals surface area contributed by atoms with Crippen molar-refractivity contribution in [1.82, 2.24) is 4.98 Å². The van der Waals surface area contributed by atoms with E-state index in [1.54, 1.807) is 12.1 Å². The van der Waals surface area contributed by atoms with Crippen LogP contribution in [0.4, 0.5) is 10.5 Å². The molecular weight excluding hydrogens is 444 g/mol. The molecule has 186 valence electrons. The maximum atomic E-state index is 13.7. The Morgan fingerprint density at radius 2 is 1.86 bits per heavy atom. The van der Waals surface area contributed by atoms with Gasteiger partial charge in [-0.05, 0) is 81.7 Å². The van der Waals surface area contributed by atoms with E-state index >= 15 is 0 Å². The highest BCUT2D eigenvalue weighted by atomic mass is 16.6. The van der Waals surface area contributed by atoms with Crippen LogP contribution in [0.2, 0.25) is 0 Å². The van der Waals surface area contributed by atoms with Crippen LogP contribution in [0.1, 0.15) is 92.5 Å². The van der Waals surface area contributed by atoms with Gasteiger partial charge in [-0.15, -0.1) is 0 Å². The van der Waals surface area contributed by atoms with Gasteiger partial charge in [-0.3, -0.25) is 10.1 Å². The predicted octanol–water partition coefficient (Wildman–Crippen LogP) is 5.79. The molecule has 2 fully saturated rings. The van der Waals surface area contributed by atoms with Crippen LogP contribution in [0, 0.1) is 5.41 Å². The zero-order valence-corrected chi connectivity index (χ0v) is 21.1. The molecule has 1 aromatic carbocycles. The molecule has 4 rings (SSSR count). The lowest BCUT2D eigenvalue weighted by Crippen LogP contribution is -2.29. The first kappa shape index (κ1) is 24.9. The fourth-order valence-electron chi connectivity index (χ4n) is 4.29. The minimum atomic E-state index is -0.646. The summed E-state index contributed by atoms with van der Waals surface area (Å²) < 4.78 is 10.3. The first-order valence-electron chi connectivity index (χ1n) is 12.2. The third-order valence-electron chi connectivity index (χ3n) is 6.66. The summed E-state index contributed by atoms with van der Waals surface area (Å²) in [6.07, 6.45) is 3.68. The first-order chi connectivity index (χ1) is 16.5. The van der Waals surface area contributed by atoms with Crippen LogP contribution >= 0.6 is 0 Å². The maximum absolute atomic E-state index is 13.7. The van der Waals surface area contributed by atoms with Gasteiger partial charge in [0.1, 0.15) is 17.1 Å². The van der Waals surface area contributed by atoms with E-state index in [2.05, 4.69) is 16.4 Å². The van der Waals surface area contributed by atoms with Gasteiger partial charge >= 0.3 is 12.1 Å². The maximum Gasteiger partial charge on any atom is 0.412 e. The number of carbonyl (C=O) groups excluding carboxylic acids is 3. The quantitative estimate of drug-likeness (QED) is 0.483. The van der Waals surface area contributed by atoms with E-state index in [0.29, 0.717) is 23.7 Å². The Kier molecular flexibility index (Phi) is 6.71. The second-order valence-electron chi connectivity index (χ2n) is 10.9. The molecule has 1 N–H and O–H groups in total. The molecule has 7 heteroatoms. The standard InChI is InChI=1S/C28H34N2O5/c1-27(2,3)35-26(33)30-23-15-18(17-9-10-17)11-12-20(23)21(24(31)28(4)13-14-28)16-19-7-6-8-22(29-19)25(32)34-5/h6-8,11-12,15,17,21H,9-10,13-14,16H2,1-5H3,(H,30,33). The van der Waals surface area contributed by atoms with Crippen molar-refractivity contribution in [3.8, 4) is 0 Å². The predicted molar refractivity (Wildman–Crippen MR) is 133 cm³/mol. The minimum absolute atomic E-state index is 0.120. The molecule has 0 saturated heterocycles. The number of carbonyl (C=O) groups is 3. The van der Waals surface area contributed by atoms with Crippen LogP contribution in [-0.4, -0.2) is 35.5 Å². The Balaban J connectivity index is 1.72. The molecule has 35 heavy (non-hydrogen) atoms. The van der Waals surface area contributed by atoms with Crippen LogP contribution in [0.15, 0.2) is 36.4 Å². The van der Waals surface area contributed by atoms with Crippen molar-refractivity contribution in [3.05, 3.63) is 58.9 Å². The number of hydrogen-bond acceptors (Lipinski definition) is 6. The van der Waals surface area contributed by atoms with Gasteiger partial charge in [-0.25, -0.2) is 14.6 Å². The summed E-state index contributed by atoms with van der Waals surface area (Å²) >= 11 is 0. The van der Waals surface area contributed by atoms with Gasteiger partial charge in [-0.1, -0.05) is 25.1 Å². The zero-order valence-electron chi connectivity index (χ0n) is 21.1. The Morgan fingerprint density at radius 1 is 1.14 bits per heavy atom. The fraction of sp³-hybridized carbons (Fsp3) is 0.500. The molecule has 2 aliphatic carbocycles. The van der Waals surface area contributed by atoms with E-state index in [1.807, 2.05) is 45.9 Å². The zero-order chi connectivity index (χ0) is 25.4. The number of esters is 1. The monoisotopic (exact) mass is 478 g/mol. The number of hydrogen-bond donors (Lipinski definition) is 1. The topological polar surface area (TPSA) is 94.6 Å². The van der Waals surface area contributed by atoms with Crippen LogP contribution in [0.25, 0.3) is 0 Å². The number of benzene rings is 1. The van der Waals surface area contributed by atoms with Gasteiger partial charge in [0.05, 0.1) is 13.0 Å². The highest BCUT2D eigenvalue weighted by Gasteiger charge is 2.48. The molecule has 1 atom stereocenters. The van der Waals surface area contributed by atoms with E-state index in [0.717, 1.165) is 36.8 Å². The third-order valence-corrected chi connectivity index (χ3v) is 6.66. The molecule has 1 heterocycles. The smallest absolute Gasteiger partial charge is 0.412 e. The van der Waals surface area contributed by atoms with Crippen molar-refractivity contribution in [3.63, 3.8) is 0 Å². The lowest BCUT2D eigenvalue weighted by Gasteiger charge is -2.25. The van der Waals surface area contributed by atoms with E-state index < -0.39 is 23.6 Å². The summed E-state index contributed by atoms with van der Waals surface area (Å²) in [7, 11) is 1.31. The van der Waals surface area contributed by atoms with Gasteiger partial charge in [0, 0.05) is 23.2 Å². The number of ether oxygens (including phenoxy) is 2. The number of nitrogens with one attached hydrogen (secondary N) is 1. The number of rotatable bonds is 8. The van der Waals surface area contributed by atoms with E-state index in [1.165, 1.54) is 7.11 Å². The SMILES string of the molecule is COC(=O)c1cccc(CC(C(=O)C2(C)CC2)c2ccc(C3CC3)cc2NC(=O)OC(C)(C)C)n1. The average Bonchev–Trinajstić information content (AvgIpc) is 3.72. The van der Waals surface area contributed by atoms with Crippen LogP contribution in [0.5, 0.6) is 0 Å². The summed E-state index contributed by atoms with van der Waals surface area (Å²) in [5.41, 5.74) is 2.26. The number of anilines is 1. The average molecular weight is 479 g/mol. The van der Waals surface area contributed by atoms with Crippen LogP contribution in [0.3, 0.4) is 0 Å². The number of nitrogens with zero attached hydrogens (tertiary/aromatic N) is 1. The number of ketones is 1. The Hall–Kier alpha value is -3.22. The summed E-state index contributed by atoms with van der Waals surface area (Å²) in [4.78, 5) is 42.9. The van der Waals surface area contributed by atoms with Gasteiger partial charge < -0.3 is 9.47 Å². The Labute approximate surface area is 206 Å². The number of aromatic nitrogens is 1. The molecule has 2 aliphatic rings. The molecule has 2 aromatic rings. The minimum Gasteiger partial charge on any atom is -0.464 e. The molecule has 0 spiro atoms. The van der Waals surface area contributed by atoms with Crippen molar-refractivity contribution in [2.24, 2.45) is 5.41 Å². The Morgan fingerprint density at radius 3 is 2.46 bits per heavy atom. The van der Waals surface area contributed by atoms with E-state index in [4.69, 9.17) is 9.47 Å². The van der Waals surface area contributed by atoms with E-state index in [-0.39, 0.29) is 16.9 Å². The second kappa shape index (κ2) is 9.44. The van der Waals surface area contributed by atoms with Crippen molar-refractivity contribution in [2.45, 2.75) is 77.2 Å². The molecule has 1 unspecified atom stereocenters. The van der Waals surface area contributed by atoms with Crippen molar-refractivity contribution in [2.75, 3.05) is 12.4 Å². The van der Waals surface area contributed by atoms with E-state index in [9.17, 15) is 14.4 Å². The highest BCUT2D eigenvalue weighted by Crippen LogP contribution is 2.50. The van der Waals surface area contributed by atoms with Gasteiger partial charge in [0.2, 0.25) is 0 Å². The summed E-state index contributed by atoms with van der Waals surface area (Å²) in [5.74, 6) is -0.447. The number of Topliss-reactive ketones (excluding diaryl/α,β-unsaturated/α-hetero) is 1. The van der Waals surface area contributed by atoms with Crippen molar-refractivity contribution >= 4 is 23.5 Å². The van der Waals surface area contributed by atoms with Gasteiger partial charge in [0.25, 0.3) is 0 Å². The fourth-order valence-corrected chi connectivity index (χ4v) is 4.29. The summed E-state index contributed by atoms with van der Waals surface area (Å²) in [6, 6.07) is 11.1. The largest absolute Gasteiger partial charge is 0.464 e. The number of pyridine rings is 1. The molecule has 7 nitrogen and oxygen atoms in total. The Bertz CT molecular complexity index is 1140. The molecule has 0 aliphatic heterocycles. The van der Waals surface area contributed by atoms with Crippen molar-refractivity contribution < 1.29 is 23.9 Å². The van der Waals surface area contributed by atoms with Crippen LogP contribution < -0.4 is 5.32 Å². The molecular formula is C28H34N2O5. The number of methoxy groups -OCH3 is 1. The lowest BCUT2D eigenvalue weighted by atomic mass is 9.82. The summed E-state index contributed by atoms with van der Waals surface area (Å²) in [6.45, 7) is 7.43. The molecule has 1 amide bonds. The normalized spacial score (nSPS) is 17.3. The number of amides is 1. The molecule has 1 aromatic heterocycles. The second-order valence-corrected chi connectivity index (χ2v) is 10.9. The first-order valence-corrected chi connectivity index (χ1v) is 12.2. The highest BCUT2D eigenvalue weighted by molar-refractivity contribution is 5.96. The molecule has 0 bridgehead atoms. The molecule has 0 radical (unpaired) electrons. The van der Waals surface area contributed by atoms with Gasteiger partial charge in [-0.2, -0.15) is 0 Å². The summed E-state index contributed by atoms with van der Waals surface area (Å²) in [5, 5.41) is 2.91. The molecule has 2 saturated carbocycles. The lowest BCUT2D eigenvalue weighted by molar-refractivity contribution is -0.125. The van der Waals surface area contributed by atoms with Gasteiger partial charge in [0.15, 0.2) is 0 Å². The third kappa shape index (κ3) is 6.08.